The van der Waals surface area contributed by atoms with Crippen LogP contribution in [0.15, 0.2) is 34.7 Å². The van der Waals surface area contributed by atoms with E-state index in [1.807, 2.05) is 0 Å². The molecule has 5 nitrogen and oxygen atoms in total. The lowest BCUT2D eigenvalue weighted by molar-refractivity contribution is -0.137. The van der Waals surface area contributed by atoms with Crippen molar-refractivity contribution in [2.75, 3.05) is 6.54 Å². The Morgan fingerprint density at radius 1 is 1.22 bits per heavy atom. The molecule has 0 saturated carbocycles. The van der Waals surface area contributed by atoms with Gasteiger partial charge in [0.15, 0.2) is 0 Å². The molecule has 122 valence electrons. The van der Waals surface area contributed by atoms with Gasteiger partial charge in [0, 0.05) is 13.1 Å². The number of carboxylic acid groups (broad SMARTS) is 1. The molecular weight excluding hydrogens is 301 g/mol. The van der Waals surface area contributed by atoms with Gasteiger partial charge < -0.3 is 14.4 Å². The Balaban J connectivity index is 2.22. The Hall–Kier alpha value is -2.63. The van der Waals surface area contributed by atoms with Crippen LogP contribution in [0.4, 0.5) is 4.39 Å². The van der Waals surface area contributed by atoms with Gasteiger partial charge in [-0.2, -0.15) is 0 Å². The topological polar surface area (TPSA) is 70.8 Å². The van der Waals surface area contributed by atoms with Gasteiger partial charge in [-0.05, 0) is 37.6 Å². The minimum absolute atomic E-state index is 0.0647. The molecule has 1 heterocycles. The lowest BCUT2D eigenvalue weighted by Gasteiger charge is -2.22. The van der Waals surface area contributed by atoms with Crippen molar-refractivity contribution < 1.29 is 23.5 Å². The fourth-order valence-electron chi connectivity index (χ4n) is 2.31. The molecule has 6 heteroatoms. The SMILES string of the molecule is Cc1cc(C(=O)N(CCC(=O)O)Cc2ccc(F)cc2)c(C)o1. The summed E-state index contributed by atoms with van der Waals surface area (Å²) in [6, 6.07) is 7.40. The minimum atomic E-state index is -0.984. The number of aliphatic carboxylic acids is 1. The highest BCUT2D eigenvalue weighted by molar-refractivity contribution is 5.95. The molecule has 1 aromatic heterocycles. The van der Waals surface area contributed by atoms with Crippen molar-refractivity contribution in [3.8, 4) is 0 Å². The Kier molecular flexibility index (Phi) is 5.16. The van der Waals surface area contributed by atoms with Crippen LogP contribution in [0.1, 0.15) is 33.9 Å². The van der Waals surface area contributed by atoms with E-state index in [9.17, 15) is 14.0 Å². The van der Waals surface area contributed by atoms with Gasteiger partial charge in [0.2, 0.25) is 0 Å². The number of carbonyl (C=O) groups excluding carboxylic acids is 1. The summed E-state index contributed by atoms with van der Waals surface area (Å²) >= 11 is 0. The zero-order valence-corrected chi connectivity index (χ0v) is 13.0. The van der Waals surface area contributed by atoms with Gasteiger partial charge in [-0.15, -0.1) is 0 Å². The largest absolute Gasteiger partial charge is 0.481 e. The number of amides is 1. The molecule has 0 aliphatic rings. The number of carboxylic acids is 1. The summed E-state index contributed by atoms with van der Waals surface area (Å²) in [5, 5.41) is 8.87. The first-order valence-corrected chi connectivity index (χ1v) is 7.19. The molecule has 0 aliphatic carbocycles. The van der Waals surface area contributed by atoms with Crippen molar-refractivity contribution in [2.45, 2.75) is 26.8 Å². The van der Waals surface area contributed by atoms with E-state index in [0.29, 0.717) is 17.1 Å². The van der Waals surface area contributed by atoms with Crippen molar-refractivity contribution in [2.24, 2.45) is 0 Å². The minimum Gasteiger partial charge on any atom is -0.481 e. The predicted molar refractivity (Wildman–Crippen MR) is 81.6 cm³/mol. The number of nitrogens with zero attached hydrogens (tertiary/aromatic N) is 1. The maximum absolute atomic E-state index is 13.0. The molecule has 0 radical (unpaired) electrons. The maximum Gasteiger partial charge on any atom is 0.305 e. The molecule has 0 saturated heterocycles. The highest BCUT2D eigenvalue weighted by Gasteiger charge is 2.21. The first-order valence-electron chi connectivity index (χ1n) is 7.19. The fourth-order valence-corrected chi connectivity index (χ4v) is 2.31. The van der Waals surface area contributed by atoms with Gasteiger partial charge >= 0.3 is 5.97 Å². The second kappa shape index (κ2) is 7.09. The molecule has 1 amide bonds. The standard InChI is InChI=1S/C17H18FNO4/c1-11-9-15(12(2)23-11)17(22)19(8-7-16(20)21)10-13-3-5-14(18)6-4-13/h3-6,9H,7-8,10H2,1-2H3,(H,20,21). The third-order valence-corrected chi connectivity index (χ3v) is 3.44. The number of hydrogen-bond acceptors (Lipinski definition) is 3. The van der Waals surface area contributed by atoms with Gasteiger partial charge in [0.05, 0.1) is 12.0 Å². The van der Waals surface area contributed by atoms with Gasteiger partial charge in [-0.3, -0.25) is 9.59 Å². The van der Waals surface area contributed by atoms with Crippen LogP contribution in [0.2, 0.25) is 0 Å². The van der Waals surface area contributed by atoms with Crippen LogP contribution >= 0.6 is 0 Å². The van der Waals surface area contributed by atoms with Gasteiger partial charge in [0.1, 0.15) is 17.3 Å². The van der Waals surface area contributed by atoms with Crippen molar-refractivity contribution in [3.05, 3.63) is 58.8 Å². The Bertz CT molecular complexity index is 706. The molecule has 1 aromatic carbocycles. The molecule has 0 spiro atoms. The number of hydrogen-bond donors (Lipinski definition) is 1. The summed E-state index contributed by atoms with van der Waals surface area (Å²) < 4.78 is 18.4. The Labute approximate surface area is 133 Å². The van der Waals surface area contributed by atoms with Crippen LogP contribution in [0.3, 0.4) is 0 Å². The Morgan fingerprint density at radius 2 is 1.87 bits per heavy atom. The zero-order valence-electron chi connectivity index (χ0n) is 13.0. The first kappa shape index (κ1) is 16.7. The van der Waals surface area contributed by atoms with Crippen LogP contribution in [0.25, 0.3) is 0 Å². The molecule has 0 atom stereocenters. The molecular formula is C17H18FNO4. The van der Waals surface area contributed by atoms with E-state index >= 15 is 0 Å². The van der Waals surface area contributed by atoms with E-state index < -0.39 is 5.97 Å². The number of furan rings is 1. The second-order valence-electron chi connectivity index (χ2n) is 5.32. The number of aryl methyl sites for hydroxylation is 2. The lowest BCUT2D eigenvalue weighted by Crippen LogP contribution is -2.32. The van der Waals surface area contributed by atoms with Crippen LogP contribution in [0.5, 0.6) is 0 Å². The molecule has 2 aromatic rings. The molecule has 2 rings (SSSR count). The van der Waals surface area contributed by atoms with E-state index in [2.05, 4.69) is 0 Å². The van der Waals surface area contributed by atoms with Crippen molar-refractivity contribution >= 4 is 11.9 Å². The average molecular weight is 319 g/mol. The molecule has 0 aliphatic heterocycles. The quantitative estimate of drug-likeness (QED) is 0.888. The molecule has 0 bridgehead atoms. The molecule has 0 unspecified atom stereocenters. The van der Waals surface area contributed by atoms with Crippen LogP contribution in [-0.2, 0) is 11.3 Å². The zero-order chi connectivity index (χ0) is 17.0. The average Bonchev–Trinajstić information content (AvgIpc) is 2.83. The summed E-state index contributed by atoms with van der Waals surface area (Å²) in [4.78, 5) is 24.9. The Morgan fingerprint density at radius 3 is 2.39 bits per heavy atom. The summed E-state index contributed by atoms with van der Waals surface area (Å²) in [5.41, 5.74) is 1.14. The summed E-state index contributed by atoms with van der Waals surface area (Å²) in [7, 11) is 0. The van der Waals surface area contributed by atoms with Crippen molar-refractivity contribution in [3.63, 3.8) is 0 Å². The third kappa shape index (κ3) is 4.42. The second-order valence-corrected chi connectivity index (χ2v) is 5.32. The highest BCUT2D eigenvalue weighted by atomic mass is 19.1. The molecule has 23 heavy (non-hydrogen) atoms. The number of carbonyl (C=O) groups is 2. The molecule has 0 fully saturated rings. The smallest absolute Gasteiger partial charge is 0.305 e. The first-order chi connectivity index (χ1) is 10.9. The maximum atomic E-state index is 13.0. The highest BCUT2D eigenvalue weighted by Crippen LogP contribution is 2.18. The van der Waals surface area contributed by atoms with E-state index in [0.717, 1.165) is 5.56 Å². The van der Waals surface area contributed by atoms with E-state index in [1.54, 1.807) is 32.0 Å². The number of rotatable bonds is 6. The summed E-state index contributed by atoms with van der Waals surface area (Å²) in [6.45, 7) is 3.70. The normalized spacial score (nSPS) is 10.6. The van der Waals surface area contributed by atoms with Crippen LogP contribution in [0, 0.1) is 19.7 Å². The lowest BCUT2D eigenvalue weighted by atomic mass is 10.1. The van der Waals surface area contributed by atoms with Gasteiger partial charge in [0.25, 0.3) is 5.91 Å². The van der Waals surface area contributed by atoms with Gasteiger partial charge in [-0.1, -0.05) is 12.1 Å². The molecule has 1 N–H and O–H groups in total. The van der Waals surface area contributed by atoms with Crippen LogP contribution < -0.4 is 0 Å². The van der Waals surface area contributed by atoms with E-state index in [1.165, 1.54) is 17.0 Å². The van der Waals surface area contributed by atoms with Crippen molar-refractivity contribution in [1.29, 1.82) is 0 Å². The van der Waals surface area contributed by atoms with E-state index in [4.69, 9.17) is 9.52 Å². The summed E-state index contributed by atoms with van der Waals surface area (Å²) in [5.74, 6) is -0.539. The predicted octanol–water partition coefficient (Wildman–Crippen LogP) is 3.15. The fraction of sp³-hybridized carbons (Fsp3) is 0.294. The van der Waals surface area contributed by atoms with E-state index in [-0.39, 0.29) is 31.2 Å². The monoisotopic (exact) mass is 319 g/mol. The van der Waals surface area contributed by atoms with Gasteiger partial charge in [-0.25, -0.2) is 4.39 Å². The van der Waals surface area contributed by atoms with Crippen molar-refractivity contribution in [1.82, 2.24) is 4.90 Å². The summed E-state index contributed by atoms with van der Waals surface area (Å²) in [6.07, 6.45) is -0.164. The van der Waals surface area contributed by atoms with Crippen LogP contribution in [-0.4, -0.2) is 28.4 Å². The third-order valence-electron chi connectivity index (χ3n) is 3.44. The number of halogens is 1. The number of benzene rings is 1.